The van der Waals surface area contributed by atoms with Gasteiger partial charge in [0.25, 0.3) is 0 Å². The molecule has 0 bridgehead atoms. The van der Waals surface area contributed by atoms with Gasteiger partial charge in [0.15, 0.2) is 0 Å². The van der Waals surface area contributed by atoms with E-state index in [2.05, 4.69) is 51.2 Å². The van der Waals surface area contributed by atoms with E-state index in [0.29, 0.717) is 11.5 Å². The molecule has 0 radical (unpaired) electrons. The molecular formula is C12H28N2S. The van der Waals surface area contributed by atoms with E-state index < -0.39 is 0 Å². The quantitative estimate of drug-likeness (QED) is 0.691. The predicted octanol–water partition coefficient (Wildman–Crippen LogP) is 2.31. The Balaban J connectivity index is 3.99. The average Bonchev–Trinajstić information content (AvgIpc) is 2.14. The first-order chi connectivity index (χ1) is 6.94. The van der Waals surface area contributed by atoms with Crippen molar-refractivity contribution in [1.82, 2.24) is 10.2 Å². The molecule has 0 aliphatic rings. The smallest absolute Gasteiger partial charge is 0.0102 e. The van der Waals surface area contributed by atoms with Gasteiger partial charge >= 0.3 is 0 Å². The van der Waals surface area contributed by atoms with Crippen molar-refractivity contribution < 1.29 is 0 Å². The molecule has 92 valence electrons. The monoisotopic (exact) mass is 232 g/mol. The molecular weight excluding hydrogens is 204 g/mol. The lowest BCUT2D eigenvalue weighted by Gasteiger charge is -2.36. The molecule has 15 heavy (non-hydrogen) atoms. The van der Waals surface area contributed by atoms with Crippen LogP contribution in [0.1, 0.15) is 27.7 Å². The summed E-state index contributed by atoms with van der Waals surface area (Å²) >= 11 is 1.92. The number of hydrogen-bond acceptors (Lipinski definition) is 3. The van der Waals surface area contributed by atoms with Crippen LogP contribution in [0.5, 0.6) is 0 Å². The van der Waals surface area contributed by atoms with E-state index in [9.17, 15) is 0 Å². The summed E-state index contributed by atoms with van der Waals surface area (Å²) in [5, 5.41) is 3.52. The predicted molar refractivity (Wildman–Crippen MR) is 72.8 cm³/mol. The molecule has 0 spiro atoms. The maximum Gasteiger partial charge on any atom is 0.0102 e. The van der Waals surface area contributed by atoms with Crippen LogP contribution in [0.4, 0.5) is 0 Å². The number of nitrogens with zero attached hydrogens (tertiary/aromatic N) is 1. The summed E-state index contributed by atoms with van der Waals surface area (Å²) in [4.78, 5) is 2.43. The minimum atomic E-state index is 0.336. The summed E-state index contributed by atoms with van der Waals surface area (Å²) in [5.41, 5.74) is 0.336. The lowest BCUT2D eigenvalue weighted by atomic mass is 9.85. The molecule has 1 atom stereocenters. The Hall–Kier alpha value is 0.270. The van der Waals surface area contributed by atoms with E-state index in [1.165, 1.54) is 12.3 Å². The number of hydrogen-bond donors (Lipinski definition) is 1. The minimum absolute atomic E-state index is 0.336. The maximum absolute atomic E-state index is 3.52. The SMILES string of the molecule is CCNC(C)C(C)(C)CN(C)CCSC. The van der Waals surface area contributed by atoms with Gasteiger partial charge in [0.05, 0.1) is 0 Å². The number of rotatable bonds is 8. The second-order valence-corrected chi connectivity index (χ2v) is 5.98. The molecule has 2 nitrogen and oxygen atoms in total. The standard InChI is InChI=1S/C12H28N2S/c1-7-13-11(2)12(3,4)10-14(5)8-9-15-6/h11,13H,7-10H2,1-6H3. The number of nitrogens with one attached hydrogen (secondary N) is 1. The van der Waals surface area contributed by atoms with E-state index in [0.717, 1.165) is 13.1 Å². The highest BCUT2D eigenvalue weighted by Crippen LogP contribution is 2.21. The van der Waals surface area contributed by atoms with Crippen molar-refractivity contribution in [1.29, 1.82) is 0 Å². The van der Waals surface area contributed by atoms with Gasteiger partial charge in [-0.3, -0.25) is 0 Å². The van der Waals surface area contributed by atoms with Crippen molar-refractivity contribution in [2.45, 2.75) is 33.7 Å². The zero-order chi connectivity index (χ0) is 11.9. The van der Waals surface area contributed by atoms with E-state index in [4.69, 9.17) is 0 Å². The molecule has 0 aromatic heterocycles. The van der Waals surface area contributed by atoms with Gasteiger partial charge in [0, 0.05) is 24.9 Å². The summed E-state index contributed by atoms with van der Waals surface area (Å²) < 4.78 is 0. The number of thioether (sulfide) groups is 1. The van der Waals surface area contributed by atoms with Crippen LogP contribution >= 0.6 is 11.8 Å². The Kier molecular flexibility index (Phi) is 7.66. The molecule has 0 heterocycles. The molecule has 0 saturated heterocycles. The molecule has 0 rings (SSSR count). The highest BCUT2D eigenvalue weighted by Gasteiger charge is 2.26. The van der Waals surface area contributed by atoms with Crippen LogP contribution in [0, 0.1) is 5.41 Å². The highest BCUT2D eigenvalue weighted by atomic mass is 32.2. The average molecular weight is 232 g/mol. The zero-order valence-electron chi connectivity index (χ0n) is 11.3. The van der Waals surface area contributed by atoms with Crippen LogP contribution < -0.4 is 5.32 Å². The molecule has 0 amide bonds. The summed E-state index contributed by atoms with van der Waals surface area (Å²) in [6.07, 6.45) is 2.17. The van der Waals surface area contributed by atoms with Crippen molar-refractivity contribution in [2.24, 2.45) is 5.41 Å². The van der Waals surface area contributed by atoms with Crippen LogP contribution in [0.25, 0.3) is 0 Å². The van der Waals surface area contributed by atoms with Crippen LogP contribution in [-0.4, -0.2) is 49.6 Å². The Bertz CT molecular complexity index is 160. The van der Waals surface area contributed by atoms with Gasteiger partial charge < -0.3 is 10.2 Å². The van der Waals surface area contributed by atoms with E-state index in [1.54, 1.807) is 0 Å². The Morgan fingerprint density at radius 1 is 1.40 bits per heavy atom. The fraction of sp³-hybridized carbons (Fsp3) is 1.00. The van der Waals surface area contributed by atoms with E-state index in [1.807, 2.05) is 11.8 Å². The van der Waals surface area contributed by atoms with Crippen molar-refractivity contribution >= 4 is 11.8 Å². The summed E-state index contributed by atoms with van der Waals surface area (Å²) in [7, 11) is 2.22. The van der Waals surface area contributed by atoms with Crippen LogP contribution in [0.2, 0.25) is 0 Å². The fourth-order valence-corrected chi connectivity index (χ4v) is 2.24. The Labute approximate surface area is 100 Å². The van der Waals surface area contributed by atoms with Crippen LogP contribution in [-0.2, 0) is 0 Å². The second kappa shape index (κ2) is 7.53. The van der Waals surface area contributed by atoms with E-state index >= 15 is 0 Å². The van der Waals surface area contributed by atoms with Crippen LogP contribution in [0.3, 0.4) is 0 Å². The molecule has 0 aromatic rings. The first-order valence-corrected chi connectivity index (χ1v) is 7.24. The van der Waals surface area contributed by atoms with Crippen LogP contribution in [0.15, 0.2) is 0 Å². The lowest BCUT2D eigenvalue weighted by molar-refractivity contribution is 0.171. The normalized spacial score (nSPS) is 14.6. The Morgan fingerprint density at radius 2 is 2.00 bits per heavy atom. The van der Waals surface area contributed by atoms with Crippen molar-refractivity contribution in [3.8, 4) is 0 Å². The van der Waals surface area contributed by atoms with Crippen molar-refractivity contribution in [3.63, 3.8) is 0 Å². The highest BCUT2D eigenvalue weighted by molar-refractivity contribution is 7.98. The van der Waals surface area contributed by atoms with Gasteiger partial charge in [0.2, 0.25) is 0 Å². The van der Waals surface area contributed by atoms with Gasteiger partial charge in [-0.1, -0.05) is 20.8 Å². The van der Waals surface area contributed by atoms with E-state index in [-0.39, 0.29) is 0 Å². The molecule has 1 unspecified atom stereocenters. The first-order valence-electron chi connectivity index (χ1n) is 5.85. The van der Waals surface area contributed by atoms with Gasteiger partial charge in [-0.2, -0.15) is 11.8 Å². The topological polar surface area (TPSA) is 15.3 Å². The third-order valence-corrected chi connectivity index (χ3v) is 3.63. The summed E-state index contributed by atoms with van der Waals surface area (Å²) in [6, 6.07) is 0.569. The Morgan fingerprint density at radius 3 is 2.47 bits per heavy atom. The molecule has 0 aromatic carbocycles. The lowest BCUT2D eigenvalue weighted by Crippen LogP contribution is -2.46. The van der Waals surface area contributed by atoms with Gasteiger partial charge in [-0.25, -0.2) is 0 Å². The molecule has 0 saturated carbocycles. The fourth-order valence-electron chi connectivity index (χ4n) is 1.74. The molecule has 3 heteroatoms. The molecule has 0 aliphatic heterocycles. The first kappa shape index (κ1) is 15.3. The van der Waals surface area contributed by atoms with Gasteiger partial charge in [-0.15, -0.1) is 0 Å². The summed E-state index contributed by atoms with van der Waals surface area (Å²) in [5.74, 6) is 1.22. The molecule has 1 N–H and O–H groups in total. The second-order valence-electron chi connectivity index (χ2n) is 5.00. The zero-order valence-corrected chi connectivity index (χ0v) is 12.1. The largest absolute Gasteiger partial charge is 0.314 e. The maximum atomic E-state index is 3.52. The van der Waals surface area contributed by atoms with Gasteiger partial charge in [0.1, 0.15) is 0 Å². The third kappa shape index (κ3) is 6.44. The minimum Gasteiger partial charge on any atom is -0.314 e. The van der Waals surface area contributed by atoms with Crippen molar-refractivity contribution in [3.05, 3.63) is 0 Å². The molecule has 0 aliphatic carbocycles. The van der Waals surface area contributed by atoms with Gasteiger partial charge in [-0.05, 0) is 32.2 Å². The third-order valence-electron chi connectivity index (χ3n) is 3.04. The van der Waals surface area contributed by atoms with Crippen molar-refractivity contribution in [2.75, 3.05) is 38.7 Å². The molecule has 0 fully saturated rings. The summed E-state index contributed by atoms with van der Waals surface area (Å²) in [6.45, 7) is 12.5.